The van der Waals surface area contributed by atoms with Crippen molar-refractivity contribution < 1.29 is 18.1 Å². The summed E-state index contributed by atoms with van der Waals surface area (Å²) in [5, 5.41) is 17.1. The highest BCUT2D eigenvalue weighted by Crippen LogP contribution is 2.35. The number of benzene rings is 1. The van der Waals surface area contributed by atoms with Crippen molar-refractivity contribution in [2.45, 2.75) is 6.18 Å². The number of hydrogen-bond acceptors (Lipinski definition) is 7. The standard InChI is InChI=1S/C16H10ClF3N6O2/c17-10-4-5-12(21-7-10)25-15-13(26(27)28)14(22-8-23-15)24-11-3-1-2-9(6-11)16(18,19)20/h1-8H,(H2,21,22,23,24,25). The van der Waals surface area contributed by atoms with Crippen LogP contribution >= 0.6 is 11.6 Å². The fourth-order valence-corrected chi connectivity index (χ4v) is 2.33. The van der Waals surface area contributed by atoms with Gasteiger partial charge in [-0.15, -0.1) is 0 Å². The molecule has 0 saturated carbocycles. The third-order valence-corrected chi connectivity index (χ3v) is 3.65. The Hall–Kier alpha value is -3.47. The van der Waals surface area contributed by atoms with Crippen LogP contribution in [0.5, 0.6) is 0 Å². The molecule has 144 valence electrons. The largest absolute Gasteiger partial charge is 0.416 e. The van der Waals surface area contributed by atoms with Gasteiger partial charge in [-0.05, 0) is 30.3 Å². The molecule has 0 amide bonds. The van der Waals surface area contributed by atoms with Gasteiger partial charge in [0.05, 0.1) is 15.5 Å². The van der Waals surface area contributed by atoms with E-state index in [1.54, 1.807) is 0 Å². The fourth-order valence-electron chi connectivity index (χ4n) is 2.22. The highest BCUT2D eigenvalue weighted by Gasteiger charge is 2.31. The molecule has 2 aromatic heterocycles. The Morgan fingerprint density at radius 3 is 2.36 bits per heavy atom. The molecule has 28 heavy (non-hydrogen) atoms. The van der Waals surface area contributed by atoms with Gasteiger partial charge in [-0.25, -0.2) is 15.0 Å². The van der Waals surface area contributed by atoms with Crippen molar-refractivity contribution in [3.05, 3.63) is 69.6 Å². The van der Waals surface area contributed by atoms with Gasteiger partial charge in [0, 0.05) is 11.9 Å². The Morgan fingerprint density at radius 1 is 1.04 bits per heavy atom. The van der Waals surface area contributed by atoms with Gasteiger partial charge < -0.3 is 10.6 Å². The number of rotatable bonds is 5. The average molecular weight is 411 g/mol. The predicted molar refractivity (Wildman–Crippen MR) is 95.9 cm³/mol. The molecule has 0 bridgehead atoms. The van der Waals surface area contributed by atoms with Crippen LogP contribution in [0.4, 0.5) is 42.0 Å². The molecule has 8 nitrogen and oxygen atoms in total. The van der Waals surface area contributed by atoms with E-state index in [1.165, 1.54) is 30.5 Å². The third-order valence-electron chi connectivity index (χ3n) is 3.43. The van der Waals surface area contributed by atoms with Crippen molar-refractivity contribution in [1.82, 2.24) is 15.0 Å². The van der Waals surface area contributed by atoms with Crippen molar-refractivity contribution in [2.75, 3.05) is 10.6 Å². The first-order valence-electron chi connectivity index (χ1n) is 7.56. The molecule has 0 saturated heterocycles. The molecule has 0 unspecified atom stereocenters. The second kappa shape index (κ2) is 7.64. The number of nitrogens with one attached hydrogen (secondary N) is 2. The topological polar surface area (TPSA) is 106 Å². The van der Waals surface area contributed by atoms with Crippen molar-refractivity contribution in [3.63, 3.8) is 0 Å². The van der Waals surface area contributed by atoms with Gasteiger partial charge in [-0.1, -0.05) is 17.7 Å². The van der Waals surface area contributed by atoms with Crippen molar-refractivity contribution in [3.8, 4) is 0 Å². The number of aromatic nitrogens is 3. The summed E-state index contributed by atoms with van der Waals surface area (Å²) in [5.74, 6) is -0.240. The van der Waals surface area contributed by atoms with Gasteiger partial charge in [-0.3, -0.25) is 10.1 Å². The van der Waals surface area contributed by atoms with Gasteiger partial charge in [0.15, 0.2) is 0 Å². The van der Waals surface area contributed by atoms with E-state index in [9.17, 15) is 23.3 Å². The first-order chi connectivity index (χ1) is 13.2. The molecule has 2 heterocycles. The number of nitro groups is 1. The van der Waals surface area contributed by atoms with Crippen LogP contribution in [-0.4, -0.2) is 19.9 Å². The van der Waals surface area contributed by atoms with E-state index in [2.05, 4.69) is 25.6 Å². The zero-order valence-electron chi connectivity index (χ0n) is 13.7. The molecule has 1 aromatic carbocycles. The molecular formula is C16H10ClF3N6O2. The van der Waals surface area contributed by atoms with Crippen LogP contribution in [0.2, 0.25) is 5.02 Å². The molecule has 12 heteroatoms. The summed E-state index contributed by atoms with van der Waals surface area (Å²) in [6.07, 6.45) is -2.19. The Kier molecular flexibility index (Phi) is 5.27. The molecule has 0 atom stereocenters. The van der Waals surface area contributed by atoms with Gasteiger partial charge in [0.2, 0.25) is 11.6 Å². The minimum absolute atomic E-state index is 0.0211. The van der Waals surface area contributed by atoms with E-state index in [1.807, 2.05) is 0 Å². The lowest BCUT2D eigenvalue weighted by molar-refractivity contribution is -0.383. The number of pyridine rings is 1. The number of anilines is 4. The summed E-state index contributed by atoms with van der Waals surface area (Å²) < 4.78 is 38.6. The number of hydrogen-bond donors (Lipinski definition) is 2. The average Bonchev–Trinajstić information content (AvgIpc) is 2.63. The van der Waals surface area contributed by atoms with Gasteiger partial charge >= 0.3 is 11.9 Å². The summed E-state index contributed by atoms with van der Waals surface area (Å²) in [6, 6.07) is 7.21. The van der Waals surface area contributed by atoms with Crippen molar-refractivity contribution >= 4 is 40.4 Å². The molecule has 0 aliphatic rings. The fraction of sp³-hybridized carbons (Fsp3) is 0.0625. The molecule has 3 rings (SSSR count). The number of halogens is 4. The predicted octanol–water partition coefficient (Wildman–Crippen LogP) is 4.94. The first kappa shape index (κ1) is 19.3. The minimum Gasteiger partial charge on any atom is -0.334 e. The molecule has 0 aliphatic heterocycles. The Morgan fingerprint density at radius 2 is 1.75 bits per heavy atom. The van der Waals surface area contributed by atoms with Crippen LogP contribution in [0.1, 0.15) is 5.56 Å². The zero-order chi connectivity index (χ0) is 20.3. The van der Waals surface area contributed by atoms with E-state index in [4.69, 9.17) is 11.6 Å². The molecule has 2 N–H and O–H groups in total. The summed E-state index contributed by atoms with van der Waals surface area (Å²) in [6.45, 7) is 0. The summed E-state index contributed by atoms with van der Waals surface area (Å²) >= 11 is 5.74. The first-order valence-corrected chi connectivity index (χ1v) is 7.94. The maximum Gasteiger partial charge on any atom is 0.416 e. The second-order valence-electron chi connectivity index (χ2n) is 5.37. The summed E-state index contributed by atoms with van der Waals surface area (Å²) in [7, 11) is 0. The number of alkyl halides is 3. The minimum atomic E-state index is -4.55. The van der Waals surface area contributed by atoms with Crippen LogP contribution in [0.3, 0.4) is 0 Å². The highest BCUT2D eigenvalue weighted by atomic mass is 35.5. The van der Waals surface area contributed by atoms with Crippen molar-refractivity contribution in [1.29, 1.82) is 0 Å². The van der Waals surface area contributed by atoms with Gasteiger partial charge in [-0.2, -0.15) is 13.2 Å². The van der Waals surface area contributed by atoms with Crippen LogP contribution < -0.4 is 10.6 Å². The van der Waals surface area contributed by atoms with Crippen LogP contribution in [0.15, 0.2) is 48.9 Å². The maximum atomic E-state index is 12.9. The van der Waals surface area contributed by atoms with Crippen LogP contribution in [0, 0.1) is 10.1 Å². The monoisotopic (exact) mass is 410 g/mol. The normalized spacial score (nSPS) is 11.1. The van der Waals surface area contributed by atoms with Crippen LogP contribution in [0.25, 0.3) is 0 Å². The van der Waals surface area contributed by atoms with E-state index in [0.29, 0.717) is 5.02 Å². The molecule has 3 aromatic rings. The van der Waals surface area contributed by atoms with E-state index < -0.39 is 22.4 Å². The highest BCUT2D eigenvalue weighted by molar-refractivity contribution is 6.30. The molecule has 0 spiro atoms. The smallest absolute Gasteiger partial charge is 0.334 e. The quantitative estimate of drug-likeness (QED) is 0.453. The maximum absolute atomic E-state index is 12.9. The van der Waals surface area contributed by atoms with E-state index >= 15 is 0 Å². The molecular weight excluding hydrogens is 401 g/mol. The Labute approximate surface area is 160 Å². The molecule has 0 radical (unpaired) electrons. The lowest BCUT2D eigenvalue weighted by Crippen LogP contribution is -2.07. The van der Waals surface area contributed by atoms with Gasteiger partial charge in [0.1, 0.15) is 12.1 Å². The lowest BCUT2D eigenvalue weighted by atomic mass is 10.2. The third kappa shape index (κ3) is 4.43. The summed E-state index contributed by atoms with van der Waals surface area (Å²) in [5.41, 5.74) is -1.48. The second-order valence-corrected chi connectivity index (χ2v) is 5.80. The Bertz CT molecular complexity index is 1010. The van der Waals surface area contributed by atoms with E-state index in [-0.39, 0.29) is 23.1 Å². The van der Waals surface area contributed by atoms with Gasteiger partial charge in [0.25, 0.3) is 0 Å². The van der Waals surface area contributed by atoms with Crippen LogP contribution in [-0.2, 0) is 6.18 Å². The van der Waals surface area contributed by atoms with Crippen molar-refractivity contribution in [2.24, 2.45) is 0 Å². The Balaban J connectivity index is 1.96. The SMILES string of the molecule is O=[N+]([O-])c1c(Nc2cccc(C(F)(F)F)c2)ncnc1Nc1ccc(Cl)cn1. The summed E-state index contributed by atoms with van der Waals surface area (Å²) in [4.78, 5) is 22.3. The zero-order valence-corrected chi connectivity index (χ0v) is 14.5. The molecule has 0 aliphatic carbocycles. The lowest BCUT2D eigenvalue weighted by Gasteiger charge is -2.11. The molecule has 0 fully saturated rings. The van der Waals surface area contributed by atoms with E-state index in [0.717, 1.165) is 18.5 Å². The number of nitrogens with zero attached hydrogens (tertiary/aromatic N) is 4.